The van der Waals surface area contributed by atoms with E-state index in [2.05, 4.69) is 38.7 Å². The number of nitrogens with zero attached hydrogens (tertiary/aromatic N) is 3. The molecule has 0 spiro atoms. The minimum absolute atomic E-state index is 0.110. The summed E-state index contributed by atoms with van der Waals surface area (Å²) in [6.07, 6.45) is 5.51. The van der Waals surface area contributed by atoms with Gasteiger partial charge in [0, 0.05) is 73.4 Å². The Kier molecular flexibility index (Phi) is 7.80. The lowest BCUT2D eigenvalue weighted by Gasteiger charge is -2.26. The van der Waals surface area contributed by atoms with E-state index in [0.29, 0.717) is 24.2 Å². The summed E-state index contributed by atoms with van der Waals surface area (Å²) < 4.78 is 1.85. The SMILES string of the molecule is Cc1ccc(CN2CCSCC2)cc1NC(=O)c1cccc(NC(=O)CCn2ccnc2)c1. The van der Waals surface area contributed by atoms with Crippen molar-refractivity contribution in [2.24, 2.45) is 0 Å². The Balaban J connectivity index is 1.37. The molecule has 1 aromatic heterocycles. The molecule has 172 valence electrons. The minimum Gasteiger partial charge on any atom is -0.337 e. The molecule has 4 rings (SSSR count). The number of imidazole rings is 1. The molecule has 2 N–H and O–H groups in total. The average Bonchev–Trinajstić information content (AvgIpc) is 3.34. The van der Waals surface area contributed by atoms with Crippen LogP contribution in [-0.4, -0.2) is 50.9 Å². The summed E-state index contributed by atoms with van der Waals surface area (Å²) in [6.45, 7) is 5.64. The Morgan fingerprint density at radius 2 is 1.94 bits per heavy atom. The summed E-state index contributed by atoms with van der Waals surface area (Å²) >= 11 is 2.00. The van der Waals surface area contributed by atoms with Crippen LogP contribution >= 0.6 is 11.8 Å². The fourth-order valence-electron chi connectivity index (χ4n) is 3.73. The topological polar surface area (TPSA) is 79.3 Å². The summed E-state index contributed by atoms with van der Waals surface area (Å²) in [7, 11) is 0. The normalized spacial score (nSPS) is 14.1. The van der Waals surface area contributed by atoms with Crippen LogP contribution in [0.2, 0.25) is 0 Å². The van der Waals surface area contributed by atoms with Crippen LogP contribution in [0.1, 0.15) is 27.9 Å². The molecule has 1 aliphatic heterocycles. The maximum atomic E-state index is 12.9. The lowest BCUT2D eigenvalue weighted by atomic mass is 10.1. The predicted octanol–water partition coefficient (Wildman–Crippen LogP) is 4.02. The first-order chi connectivity index (χ1) is 16.1. The van der Waals surface area contributed by atoms with Crippen LogP contribution in [0.3, 0.4) is 0 Å². The Morgan fingerprint density at radius 1 is 1.09 bits per heavy atom. The van der Waals surface area contributed by atoms with Gasteiger partial charge in [0.05, 0.1) is 6.33 Å². The standard InChI is InChI=1S/C25H29N5O2S/c1-19-5-6-20(17-29-11-13-33-14-12-29)15-23(19)28-25(32)21-3-2-4-22(16-21)27-24(31)7-9-30-10-8-26-18-30/h2-6,8,10,15-16,18H,7,9,11-14,17H2,1H3,(H,27,31)(H,28,32). The zero-order valence-corrected chi connectivity index (χ0v) is 19.6. The highest BCUT2D eigenvalue weighted by molar-refractivity contribution is 7.99. The largest absolute Gasteiger partial charge is 0.337 e. The van der Waals surface area contributed by atoms with Gasteiger partial charge in [-0.3, -0.25) is 14.5 Å². The third-order valence-electron chi connectivity index (χ3n) is 5.62. The third kappa shape index (κ3) is 6.69. The Morgan fingerprint density at radius 3 is 2.73 bits per heavy atom. The molecule has 2 aromatic carbocycles. The van der Waals surface area contributed by atoms with Crippen molar-refractivity contribution >= 4 is 35.0 Å². The first kappa shape index (κ1) is 23.1. The number of amides is 2. The van der Waals surface area contributed by atoms with E-state index in [1.807, 2.05) is 29.4 Å². The number of anilines is 2. The number of carbonyl (C=O) groups excluding carboxylic acids is 2. The predicted molar refractivity (Wildman–Crippen MR) is 134 cm³/mol. The van der Waals surface area contributed by atoms with E-state index in [0.717, 1.165) is 30.9 Å². The second-order valence-electron chi connectivity index (χ2n) is 8.17. The summed E-state index contributed by atoms with van der Waals surface area (Å²) in [5, 5.41) is 5.91. The molecule has 0 bridgehead atoms. The fraction of sp³-hybridized carbons (Fsp3) is 0.320. The Bertz CT molecular complexity index is 1090. The zero-order chi connectivity index (χ0) is 23.0. The van der Waals surface area contributed by atoms with E-state index in [1.165, 1.54) is 17.1 Å². The number of thioether (sulfide) groups is 1. The van der Waals surface area contributed by atoms with Gasteiger partial charge < -0.3 is 15.2 Å². The highest BCUT2D eigenvalue weighted by Crippen LogP contribution is 2.21. The molecular formula is C25H29N5O2S. The van der Waals surface area contributed by atoms with Crippen LogP contribution in [0.15, 0.2) is 61.2 Å². The van der Waals surface area contributed by atoms with E-state index < -0.39 is 0 Å². The van der Waals surface area contributed by atoms with Crippen LogP contribution in [0.5, 0.6) is 0 Å². The Labute approximate surface area is 198 Å². The summed E-state index contributed by atoms with van der Waals surface area (Å²) in [6, 6.07) is 13.3. The van der Waals surface area contributed by atoms with Gasteiger partial charge in [-0.25, -0.2) is 4.98 Å². The maximum absolute atomic E-state index is 12.9. The number of aryl methyl sites for hydroxylation is 2. The molecule has 2 amide bonds. The minimum atomic E-state index is -0.195. The van der Waals surface area contributed by atoms with Crippen molar-refractivity contribution in [3.05, 3.63) is 77.9 Å². The van der Waals surface area contributed by atoms with Crippen molar-refractivity contribution in [1.82, 2.24) is 14.5 Å². The molecule has 0 saturated carbocycles. The highest BCUT2D eigenvalue weighted by atomic mass is 32.2. The van der Waals surface area contributed by atoms with Gasteiger partial charge in [-0.2, -0.15) is 11.8 Å². The van der Waals surface area contributed by atoms with Crippen molar-refractivity contribution in [3.8, 4) is 0 Å². The van der Waals surface area contributed by atoms with Crippen molar-refractivity contribution in [3.63, 3.8) is 0 Å². The van der Waals surface area contributed by atoms with Crippen LogP contribution in [-0.2, 0) is 17.9 Å². The first-order valence-corrected chi connectivity index (χ1v) is 12.3. The maximum Gasteiger partial charge on any atom is 0.255 e. The molecule has 33 heavy (non-hydrogen) atoms. The molecule has 0 aliphatic carbocycles. The number of hydrogen-bond acceptors (Lipinski definition) is 5. The van der Waals surface area contributed by atoms with Crippen LogP contribution in [0, 0.1) is 6.92 Å². The molecule has 1 fully saturated rings. The van der Waals surface area contributed by atoms with Crippen LogP contribution in [0.25, 0.3) is 0 Å². The number of aromatic nitrogens is 2. The number of benzene rings is 2. The molecule has 0 atom stereocenters. The molecule has 7 nitrogen and oxygen atoms in total. The molecule has 1 aliphatic rings. The van der Waals surface area contributed by atoms with E-state index in [-0.39, 0.29) is 11.8 Å². The number of nitrogens with one attached hydrogen (secondary N) is 2. The third-order valence-corrected chi connectivity index (χ3v) is 6.57. The van der Waals surface area contributed by atoms with Gasteiger partial charge in [-0.1, -0.05) is 18.2 Å². The second-order valence-corrected chi connectivity index (χ2v) is 9.40. The van der Waals surface area contributed by atoms with Gasteiger partial charge in [0.25, 0.3) is 5.91 Å². The van der Waals surface area contributed by atoms with Gasteiger partial charge in [0.1, 0.15) is 0 Å². The molecule has 0 radical (unpaired) electrons. The lowest BCUT2D eigenvalue weighted by molar-refractivity contribution is -0.116. The van der Waals surface area contributed by atoms with Crippen molar-refractivity contribution in [1.29, 1.82) is 0 Å². The fourth-order valence-corrected chi connectivity index (χ4v) is 4.70. The van der Waals surface area contributed by atoms with Gasteiger partial charge >= 0.3 is 0 Å². The summed E-state index contributed by atoms with van der Waals surface area (Å²) in [4.78, 5) is 31.6. The van der Waals surface area contributed by atoms with Gasteiger partial charge in [-0.15, -0.1) is 0 Å². The van der Waals surface area contributed by atoms with Gasteiger partial charge in [0.15, 0.2) is 0 Å². The zero-order valence-electron chi connectivity index (χ0n) is 18.8. The quantitative estimate of drug-likeness (QED) is 0.528. The summed E-state index contributed by atoms with van der Waals surface area (Å²) in [5.74, 6) is 2.04. The number of hydrogen-bond donors (Lipinski definition) is 2. The van der Waals surface area contributed by atoms with E-state index in [9.17, 15) is 9.59 Å². The van der Waals surface area contributed by atoms with Crippen LogP contribution in [0.4, 0.5) is 11.4 Å². The van der Waals surface area contributed by atoms with Crippen molar-refractivity contribution < 1.29 is 9.59 Å². The van der Waals surface area contributed by atoms with E-state index in [4.69, 9.17) is 0 Å². The van der Waals surface area contributed by atoms with Gasteiger partial charge in [0.2, 0.25) is 5.91 Å². The van der Waals surface area contributed by atoms with Crippen LogP contribution < -0.4 is 10.6 Å². The second kappa shape index (κ2) is 11.2. The summed E-state index contributed by atoms with van der Waals surface area (Å²) in [5.41, 5.74) is 4.14. The van der Waals surface area contributed by atoms with Crippen molar-refractivity contribution in [2.75, 3.05) is 35.2 Å². The van der Waals surface area contributed by atoms with Gasteiger partial charge in [-0.05, 0) is 42.3 Å². The molecule has 3 aromatic rings. The monoisotopic (exact) mass is 463 g/mol. The Hall–Kier alpha value is -3.10. The molecule has 2 heterocycles. The highest BCUT2D eigenvalue weighted by Gasteiger charge is 2.13. The molecule has 1 saturated heterocycles. The van der Waals surface area contributed by atoms with E-state index >= 15 is 0 Å². The molecule has 8 heteroatoms. The first-order valence-electron chi connectivity index (χ1n) is 11.1. The lowest BCUT2D eigenvalue weighted by Crippen LogP contribution is -2.32. The smallest absolute Gasteiger partial charge is 0.255 e. The number of carbonyl (C=O) groups is 2. The molecule has 0 unspecified atom stereocenters. The van der Waals surface area contributed by atoms with Crippen molar-refractivity contribution in [2.45, 2.75) is 26.4 Å². The van der Waals surface area contributed by atoms with E-state index in [1.54, 1.807) is 36.8 Å². The average molecular weight is 464 g/mol. The number of rotatable bonds is 8. The molecular weight excluding hydrogens is 434 g/mol.